The second-order valence-electron chi connectivity index (χ2n) is 3.02. The fourth-order valence-corrected chi connectivity index (χ4v) is 2.19. The number of aromatic carboxylic acids is 1. The van der Waals surface area contributed by atoms with E-state index in [1.807, 2.05) is 0 Å². The molecule has 0 saturated heterocycles. The average molecular weight is 299 g/mol. The van der Waals surface area contributed by atoms with Gasteiger partial charge in [0, 0.05) is 12.3 Å². The quantitative estimate of drug-likeness (QED) is 0.820. The predicted molar refractivity (Wildman–Crippen MR) is 62.1 cm³/mol. The van der Waals surface area contributed by atoms with Crippen LogP contribution < -0.4 is 5.32 Å². The average Bonchev–Trinajstić information content (AvgIpc) is 2.72. The lowest BCUT2D eigenvalue weighted by Crippen LogP contribution is -2.25. The minimum atomic E-state index is -4.32. The first kappa shape index (κ1) is 14.8. The van der Waals surface area contributed by atoms with Crippen molar-refractivity contribution in [3.8, 4) is 0 Å². The van der Waals surface area contributed by atoms with Crippen LogP contribution in [-0.4, -0.2) is 34.8 Å². The molecule has 0 aliphatic heterocycles. The monoisotopic (exact) mass is 299 g/mol. The van der Waals surface area contributed by atoms with Crippen LogP contribution in [0.4, 0.5) is 13.2 Å². The summed E-state index contributed by atoms with van der Waals surface area (Å²) >= 11 is 0.547. The number of carboxylic acids is 1. The Kier molecular flexibility index (Phi) is 5.03. The lowest BCUT2D eigenvalue weighted by Gasteiger charge is -2.05. The highest BCUT2D eigenvalue weighted by Crippen LogP contribution is 2.29. The lowest BCUT2D eigenvalue weighted by atomic mass is 10.4. The molecule has 1 rings (SSSR count). The van der Waals surface area contributed by atoms with Crippen LogP contribution in [0.15, 0.2) is 12.1 Å². The van der Waals surface area contributed by atoms with Gasteiger partial charge >= 0.3 is 11.5 Å². The molecule has 0 fully saturated rings. The zero-order valence-corrected chi connectivity index (χ0v) is 10.4. The molecule has 0 aromatic carbocycles. The molecule has 1 amide bonds. The van der Waals surface area contributed by atoms with Crippen LogP contribution in [0, 0.1) is 0 Å². The molecule has 0 saturated carbocycles. The third-order valence-electron chi connectivity index (χ3n) is 1.69. The first-order chi connectivity index (χ1) is 8.29. The first-order valence-electron chi connectivity index (χ1n) is 4.61. The summed E-state index contributed by atoms with van der Waals surface area (Å²) in [6.07, 6.45) is 0. The molecule has 9 heteroatoms. The SMILES string of the molecule is O=C(O)c1ccc(C(=O)NCCSC(F)(F)F)s1. The number of alkyl halides is 3. The number of carbonyl (C=O) groups excluding carboxylic acids is 1. The van der Waals surface area contributed by atoms with E-state index in [1.54, 1.807) is 0 Å². The van der Waals surface area contributed by atoms with Gasteiger partial charge in [-0.25, -0.2) is 4.79 Å². The highest BCUT2D eigenvalue weighted by molar-refractivity contribution is 8.00. The van der Waals surface area contributed by atoms with E-state index in [0.29, 0.717) is 0 Å². The van der Waals surface area contributed by atoms with E-state index in [2.05, 4.69) is 5.32 Å². The maximum absolute atomic E-state index is 11.8. The van der Waals surface area contributed by atoms with Crippen molar-refractivity contribution in [2.75, 3.05) is 12.3 Å². The lowest BCUT2D eigenvalue weighted by molar-refractivity contribution is -0.0327. The zero-order valence-electron chi connectivity index (χ0n) is 8.78. The van der Waals surface area contributed by atoms with Crippen molar-refractivity contribution in [2.24, 2.45) is 0 Å². The minimum Gasteiger partial charge on any atom is -0.477 e. The number of rotatable bonds is 5. The molecule has 0 spiro atoms. The molecule has 0 radical (unpaired) electrons. The fraction of sp³-hybridized carbons (Fsp3) is 0.333. The summed E-state index contributed by atoms with van der Waals surface area (Å²) in [5, 5.41) is 10.9. The molecule has 0 unspecified atom stereocenters. The van der Waals surface area contributed by atoms with Gasteiger partial charge in [-0.3, -0.25) is 4.79 Å². The van der Waals surface area contributed by atoms with Crippen molar-refractivity contribution in [1.29, 1.82) is 0 Å². The summed E-state index contributed by atoms with van der Waals surface area (Å²) < 4.78 is 35.3. The van der Waals surface area contributed by atoms with E-state index in [4.69, 9.17) is 5.11 Å². The van der Waals surface area contributed by atoms with Crippen molar-refractivity contribution in [1.82, 2.24) is 5.32 Å². The predicted octanol–water partition coefficient (Wildman–Crippen LogP) is 2.43. The highest BCUT2D eigenvalue weighted by Gasteiger charge is 2.27. The first-order valence-corrected chi connectivity index (χ1v) is 6.42. The second-order valence-corrected chi connectivity index (χ2v) is 5.26. The largest absolute Gasteiger partial charge is 0.477 e. The molecule has 0 bridgehead atoms. The number of carbonyl (C=O) groups is 2. The number of thioether (sulfide) groups is 1. The minimum absolute atomic E-state index is 0.00446. The van der Waals surface area contributed by atoms with E-state index < -0.39 is 17.4 Å². The number of thiophene rings is 1. The number of hydrogen-bond donors (Lipinski definition) is 2. The number of amides is 1. The van der Waals surface area contributed by atoms with Crippen molar-refractivity contribution in [3.63, 3.8) is 0 Å². The zero-order chi connectivity index (χ0) is 13.8. The summed E-state index contributed by atoms with van der Waals surface area (Å²) in [6.45, 7) is -0.136. The Balaban J connectivity index is 2.39. The Morgan fingerprint density at radius 1 is 1.33 bits per heavy atom. The Bertz CT molecular complexity index is 445. The van der Waals surface area contributed by atoms with Gasteiger partial charge in [0.1, 0.15) is 4.88 Å². The summed E-state index contributed by atoms with van der Waals surface area (Å²) in [5.74, 6) is -2.01. The highest BCUT2D eigenvalue weighted by atomic mass is 32.2. The molecule has 1 heterocycles. The maximum Gasteiger partial charge on any atom is 0.441 e. The standard InChI is InChI=1S/C9H8F3NO3S2/c10-9(11,12)17-4-3-13-7(14)5-1-2-6(18-5)8(15)16/h1-2H,3-4H2,(H,13,14)(H,15,16). The van der Waals surface area contributed by atoms with Crippen LogP contribution in [0.1, 0.15) is 19.3 Å². The summed E-state index contributed by atoms with van der Waals surface area (Å²) in [6, 6.07) is 2.59. The van der Waals surface area contributed by atoms with Crippen LogP contribution >= 0.6 is 23.1 Å². The van der Waals surface area contributed by atoms with Gasteiger partial charge in [0.2, 0.25) is 0 Å². The summed E-state index contributed by atoms with van der Waals surface area (Å²) in [4.78, 5) is 22.1. The van der Waals surface area contributed by atoms with E-state index in [1.165, 1.54) is 12.1 Å². The van der Waals surface area contributed by atoms with Gasteiger partial charge in [0.15, 0.2) is 0 Å². The van der Waals surface area contributed by atoms with Crippen LogP contribution in [0.5, 0.6) is 0 Å². The van der Waals surface area contributed by atoms with Crippen LogP contribution in [-0.2, 0) is 0 Å². The molecule has 1 aromatic rings. The van der Waals surface area contributed by atoms with Gasteiger partial charge in [-0.05, 0) is 23.9 Å². The molecule has 100 valence electrons. The van der Waals surface area contributed by atoms with E-state index in [9.17, 15) is 22.8 Å². The van der Waals surface area contributed by atoms with Crippen LogP contribution in [0.25, 0.3) is 0 Å². The van der Waals surface area contributed by atoms with Crippen molar-refractivity contribution >= 4 is 35.0 Å². The second kappa shape index (κ2) is 6.10. The van der Waals surface area contributed by atoms with Gasteiger partial charge in [-0.15, -0.1) is 11.3 Å². The van der Waals surface area contributed by atoms with Crippen molar-refractivity contribution < 1.29 is 27.9 Å². The van der Waals surface area contributed by atoms with Crippen molar-refractivity contribution in [3.05, 3.63) is 21.9 Å². The Labute approximate surface area is 108 Å². The Morgan fingerprint density at radius 2 is 1.94 bits per heavy atom. The molecular weight excluding hydrogens is 291 g/mol. The molecule has 0 atom stereocenters. The molecule has 4 nitrogen and oxygen atoms in total. The summed E-state index contributed by atoms with van der Waals surface area (Å²) in [7, 11) is 0. The number of nitrogens with one attached hydrogen (secondary N) is 1. The van der Waals surface area contributed by atoms with Crippen LogP contribution in [0.2, 0.25) is 0 Å². The summed E-state index contributed by atoms with van der Waals surface area (Å²) in [5.41, 5.74) is -4.32. The Hall–Kier alpha value is -1.22. The van der Waals surface area contributed by atoms with Crippen LogP contribution in [0.3, 0.4) is 0 Å². The van der Waals surface area contributed by atoms with E-state index in [-0.39, 0.29) is 33.8 Å². The number of carboxylic acid groups (broad SMARTS) is 1. The third-order valence-corrected chi connectivity index (χ3v) is 3.50. The molecule has 1 aromatic heterocycles. The molecule has 18 heavy (non-hydrogen) atoms. The molecule has 2 N–H and O–H groups in total. The number of hydrogen-bond acceptors (Lipinski definition) is 4. The van der Waals surface area contributed by atoms with Gasteiger partial charge in [0.25, 0.3) is 5.91 Å². The molecule has 0 aliphatic rings. The molecular formula is C9H8F3NO3S2. The topological polar surface area (TPSA) is 66.4 Å². The van der Waals surface area contributed by atoms with E-state index >= 15 is 0 Å². The van der Waals surface area contributed by atoms with Gasteiger partial charge in [-0.1, -0.05) is 0 Å². The maximum atomic E-state index is 11.8. The van der Waals surface area contributed by atoms with Gasteiger partial charge < -0.3 is 10.4 Å². The van der Waals surface area contributed by atoms with Gasteiger partial charge in [-0.2, -0.15) is 13.2 Å². The van der Waals surface area contributed by atoms with Gasteiger partial charge in [0.05, 0.1) is 4.88 Å². The Morgan fingerprint density at radius 3 is 2.44 bits per heavy atom. The smallest absolute Gasteiger partial charge is 0.441 e. The number of halogens is 3. The normalized spacial score (nSPS) is 11.3. The van der Waals surface area contributed by atoms with Crippen molar-refractivity contribution in [2.45, 2.75) is 5.51 Å². The fourth-order valence-electron chi connectivity index (χ4n) is 0.993. The van der Waals surface area contributed by atoms with E-state index in [0.717, 1.165) is 11.3 Å². The molecule has 0 aliphatic carbocycles. The third kappa shape index (κ3) is 4.96.